The predicted octanol–water partition coefficient (Wildman–Crippen LogP) is 2.77. The zero-order valence-corrected chi connectivity index (χ0v) is 13.8. The van der Waals surface area contributed by atoms with Crippen LogP contribution in [0.25, 0.3) is 0 Å². The van der Waals surface area contributed by atoms with E-state index in [2.05, 4.69) is 4.99 Å². The Hall–Kier alpha value is -1.18. The van der Waals surface area contributed by atoms with Crippen LogP contribution in [0.5, 0.6) is 0 Å². The predicted molar refractivity (Wildman–Crippen MR) is 86.4 cm³/mol. The maximum atomic E-state index is 11.1. The van der Waals surface area contributed by atoms with Crippen molar-refractivity contribution in [3.8, 4) is 0 Å². The Balaban J connectivity index is 2.29. The van der Waals surface area contributed by atoms with Crippen LogP contribution in [0, 0.1) is 0 Å². The Morgan fingerprint density at radius 3 is 2.90 bits per heavy atom. The normalized spacial score (nSPS) is 19.0. The molecule has 2 heterocycles. The van der Waals surface area contributed by atoms with Crippen molar-refractivity contribution in [2.75, 3.05) is 12.4 Å². The van der Waals surface area contributed by atoms with Crippen molar-refractivity contribution in [1.82, 2.24) is 4.90 Å². The van der Waals surface area contributed by atoms with Crippen LogP contribution < -0.4 is 0 Å². The first kappa shape index (κ1) is 16.2. The maximum Gasteiger partial charge on any atom is 0.283 e. The highest BCUT2D eigenvalue weighted by Crippen LogP contribution is 2.23. The van der Waals surface area contributed by atoms with E-state index in [1.54, 1.807) is 16.2 Å². The van der Waals surface area contributed by atoms with Crippen LogP contribution in [0.15, 0.2) is 34.3 Å². The molecule has 5 nitrogen and oxygen atoms in total. The number of hydrogen-bond donors (Lipinski definition) is 1. The molecule has 0 aromatic carbocycles. The summed E-state index contributed by atoms with van der Waals surface area (Å²) >= 11 is 1.61. The zero-order chi connectivity index (χ0) is 15.5. The standard InChI is InChI=1S/C14H20N2O3S2/c1-11(2)15-13(14-6-4-8-20-14)9-12-5-3-7-16(12)10-21(17,18)19/h4,6,8-9,11H,3,5,7,10H2,1-2H3,(H,17,18,19). The molecule has 0 unspecified atom stereocenters. The van der Waals surface area contributed by atoms with Gasteiger partial charge in [0.2, 0.25) is 0 Å². The molecular weight excluding hydrogens is 308 g/mol. The highest BCUT2D eigenvalue weighted by atomic mass is 32.2. The topological polar surface area (TPSA) is 70.0 Å². The second kappa shape index (κ2) is 6.72. The maximum absolute atomic E-state index is 11.1. The number of thiophene rings is 1. The van der Waals surface area contributed by atoms with E-state index in [4.69, 9.17) is 4.55 Å². The van der Waals surface area contributed by atoms with Crippen molar-refractivity contribution in [2.24, 2.45) is 4.99 Å². The highest BCUT2D eigenvalue weighted by Gasteiger charge is 2.22. The molecule has 1 aromatic heterocycles. The van der Waals surface area contributed by atoms with Crippen molar-refractivity contribution in [3.05, 3.63) is 34.2 Å². The fourth-order valence-corrected chi connectivity index (χ4v) is 3.67. The smallest absolute Gasteiger partial charge is 0.283 e. The summed E-state index contributed by atoms with van der Waals surface area (Å²) in [6.45, 7) is 4.67. The van der Waals surface area contributed by atoms with Gasteiger partial charge in [-0.15, -0.1) is 11.3 Å². The van der Waals surface area contributed by atoms with Gasteiger partial charge in [0.25, 0.3) is 10.1 Å². The van der Waals surface area contributed by atoms with Crippen LogP contribution >= 0.6 is 11.3 Å². The molecule has 21 heavy (non-hydrogen) atoms. The van der Waals surface area contributed by atoms with Crippen LogP contribution in [0.2, 0.25) is 0 Å². The molecule has 1 saturated heterocycles. The van der Waals surface area contributed by atoms with Crippen molar-refractivity contribution >= 4 is 27.2 Å². The Morgan fingerprint density at radius 2 is 2.33 bits per heavy atom. The van der Waals surface area contributed by atoms with Crippen LogP contribution in [-0.4, -0.2) is 42.0 Å². The summed E-state index contributed by atoms with van der Waals surface area (Å²) in [7, 11) is -4.01. The molecule has 0 amide bonds. The Bertz CT molecular complexity index is 631. The van der Waals surface area contributed by atoms with Gasteiger partial charge in [0.15, 0.2) is 0 Å². The van der Waals surface area contributed by atoms with Gasteiger partial charge >= 0.3 is 0 Å². The average molecular weight is 328 g/mol. The summed E-state index contributed by atoms with van der Waals surface area (Å²) in [5, 5.41) is 1.99. The third-order valence-corrected chi connectivity index (χ3v) is 4.59. The molecule has 7 heteroatoms. The van der Waals surface area contributed by atoms with Gasteiger partial charge in [-0.05, 0) is 44.2 Å². The summed E-state index contributed by atoms with van der Waals surface area (Å²) < 4.78 is 31.2. The van der Waals surface area contributed by atoms with E-state index < -0.39 is 10.1 Å². The van der Waals surface area contributed by atoms with E-state index in [0.717, 1.165) is 29.1 Å². The van der Waals surface area contributed by atoms with Crippen molar-refractivity contribution in [3.63, 3.8) is 0 Å². The molecule has 1 aliphatic heterocycles. The highest BCUT2D eigenvalue weighted by molar-refractivity contribution is 7.85. The van der Waals surface area contributed by atoms with Gasteiger partial charge in [0.05, 0.1) is 10.6 Å². The monoisotopic (exact) mass is 328 g/mol. The van der Waals surface area contributed by atoms with E-state index in [1.165, 1.54) is 0 Å². The number of allylic oxidation sites excluding steroid dienone is 2. The average Bonchev–Trinajstić information content (AvgIpc) is 2.97. The minimum atomic E-state index is -4.01. The third-order valence-electron chi connectivity index (χ3n) is 3.06. The minimum Gasteiger partial charge on any atom is -0.359 e. The van der Waals surface area contributed by atoms with Crippen LogP contribution in [0.4, 0.5) is 0 Å². The number of aliphatic imine (C=N–C) groups is 1. The molecule has 1 aromatic rings. The quantitative estimate of drug-likeness (QED) is 0.666. The lowest BCUT2D eigenvalue weighted by atomic mass is 10.2. The summed E-state index contributed by atoms with van der Waals surface area (Å²) in [6, 6.07) is 4.14. The lowest BCUT2D eigenvalue weighted by Crippen LogP contribution is -2.25. The summed E-state index contributed by atoms with van der Waals surface area (Å²) in [4.78, 5) is 7.40. The minimum absolute atomic E-state index is 0.162. The molecule has 0 aliphatic carbocycles. The van der Waals surface area contributed by atoms with E-state index in [0.29, 0.717) is 6.54 Å². The second-order valence-electron chi connectivity index (χ2n) is 5.30. The van der Waals surface area contributed by atoms with Gasteiger partial charge in [-0.25, -0.2) is 0 Å². The molecule has 0 bridgehead atoms. The summed E-state index contributed by atoms with van der Waals surface area (Å²) in [5.41, 5.74) is 1.79. The Kier molecular flexibility index (Phi) is 5.18. The first-order valence-corrected chi connectivity index (χ1v) is 9.36. The molecule has 1 fully saturated rings. The molecular formula is C14H20N2O3S2. The summed E-state index contributed by atoms with van der Waals surface area (Å²) in [5.74, 6) is -0.349. The molecule has 1 aliphatic rings. The molecule has 0 atom stereocenters. The number of likely N-dealkylation sites (tertiary alicyclic amines) is 1. The van der Waals surface area contributed by atoms with Crippen LogP contribution in [0.1, 0.15) is 31.6 Å². The molecule has 0 saturated carbocycles. The third kappa shape index (κ3) is 4.94. The molecule has 2 rings (SSSR count). The van der Waals surface area contributed by atoms with E-state index in [1.807, 2.05) is 37.4 Å². The van der Waals surface area contributed by atoms with E-state index in [9.17, 15) is 8.42 Å². The van der Waals surface area contributed by atoms with Gasteiger partial charge in [-0.1, -0.05) is 6.07 Å². The summed E-state index contributed by atoms with van der Waals surface area (Å²) in [6.07, 6.45) is 3.64. The van der Waals surface area contributed by atoms with Gasteiger partial charge in [0.1, 0.15) is 5.88 Å². The Morgan fingerprint density at radius 1 is 1.57 bits per heavy atom. The van der Waals surface area contributed by atoms with Gasteiger partial charge in [-0.3, -0.25) is 9.55 Å². The van der Waals surface area contributed by atoms with Crippen molar-refractivity contribution in [2.45, 2.75) is 32.7 Å². The first-order chi connectivity index (χ1) is 9.85. The van der Waals surface area contributed by atoms with Gasteiger partial charge < -0.3 is 4.90 Å². The van der Waals surface area contributed by atoms with Gasteiger partial charge in [0, 0.05) is 18.3 Å². The fraction of sp³-hybridized carbons (Fsp3) is 0.500. The first-order valence-electron chi connectivity index (χ1n) is 6.87. The van der Waals surface area contributed by atoms with E-state index in [-0.39, 0.29) is 11.9 Å². The Labute approximate surface area is 129 Å². The molecule has 1 N–H and O–H groups in total. The number of rotatable bonds is 5. The second-order valence-corrected chi connectivity index (χ2v) is 7.67. The van der Waals surface area contributed by atoms with Crippen molar-refractivity contribution < 1.29 is 13.0 Å². The number of hydrogen-bond acceptors (Lipinski definition) is 5. The van der Waals surface area contributed by atoms with Crippen LogP contribution in [-0.2, 0) is 10.1 Å². The molecule has 116 valence electrons. The van der Waals surface area contributed by atoms with E-state index >= 15 is 0 Å². The molecule has 0 radical (unpaired) electrons. The van der Waals surface area contributed by atoms with Gasteiger partial charge in [-0.2, -0.15) is 8.42 Å². The SMILES string of the molecule is CC(C)N=C(C=C1CCCN1CS(=O)(=O)O)c1cccs1. The van der Waals surface area contributed by atoms with Crippen molar-refractivity contribution in [1.29, 1.82) is 0 Å². The number of nitrogens with zero attached hydrogens (tertiary/aromatic N) is 2. The molecule has 0 spiro atoms. The lowest BCUT2D eigenvalue weighted by Gasteiger charge is -2.18. The zero-order valence-electron chi connectivity index (χ0n) is 12.2. The lowest BCUT2D eigenvalue weighted by molar-refractivity contribution is 0.407. The largest absolute Gasteiger partial charge is 0.359 e. The van der Waals surface area contributed by atoms with Crippen LogP contribution in [0.3, 0.4) is 0 Å². The fourth-order valence-electron chi connectivity index (χ4n) is 2.29.